The van der Waals surface area contributed by atoms with Gasteiger partial charge in [0.2, 0.25) is 0 Å². The van der Waals surface area contributed by atoms with Gasteiger partial charge in [-0.1, -0.05) is 142 Å². The molecule has 2 unspecified atom stereocenters. The number of ether oxygens (including phenoxy) is 1. The molecule has 0 saturated heterocycles. The van der Waals surface area contributed by atoms with Gasteiger partial charge in [0.15, 0.2) is 0 Å². The molecule has 3 rings (SSSR count). The zero-order chi connectivity index (χ0) is 36.0. The van der Waals surface area contributed by atoms with Gasteiger partial charge < -0.3 is 20.1 Å². The third kappa shape index (κ3) is 14.1. The predicted octanol–water partition coefficient (Wildman–Crippen LogP) is 13.8. The summed E-state index contributed by atoms with van der Waals surface area (Å²) in [6.45, 7) is 14.0. The number of fused-ring (bicyclic) bond motifs is 2. The van der Waals surface area contributed by atoms with Crippen molar-refractivity contribution in [3.8, 4) is 11.5 Å². The highest BCUT2D eigenvalue weighted by Gasteiger charge is 2.33. The molecule has 1 heterocycles. The summed E-state index contributed by atoms with van der Waals surface area (Å²) >= 11 is 0. The van der Waals surface area contributed by atoms with Gasteiger partial charge in [0, 0.05) is 60.2 Å². The average molecular weight is 691 g/mol. The number of anilines is 2. The van der Waals surface area contributed by atoms with E-state index in [9.17, 15) is 9.90 Å². The SMILES string of the molecule is CCCCCCCCCCCCCCCCCCC(CC1c2ccc(N(CCCC)CCCC)cc2Oc2cc(NCC)c(C)cc21)C(=O)O. The molecule has 5 nitrogen and oxygen atoms in total. The van der Waals surface area contributed by atoms with Crippen LogP contribution >= 0.6 is 0 Å². The zero-order valence-corrected chi connectivity index (χ0v) is 32.9. The second-order valence-corrected chi connectivity index (χ2v) is 15.2. The van der Waals surface area contributed by atoms with E-state index in [-0.39, 0.29) is 11.8 Å². The minimum atomic E-state index is -0.663. The summed E-state index contributed by atoms with van der Waals surface area (Å²) in [6.07, 6.45) is 27.3. The summed E-state index contributed by atoms with van der Waals surface area (Å²) in [5.74, 6) is 0.712. The molecule has 282 valence electrons. The van der Waals surface area contributed by atoms with Crippen LogP contribution in [-0.4, -0.2) is 30.7 Å². The number of hydrogen-bond acceptors (Lipinski definition) is 4. The maximum atomic E-state index is 12.7. The first kappa shape index (κ1) is 41.7. The Balaban J connectivity index is 1.57. The summed E-state index contributed by atoms with van der Waals surface area (Å²) in [6, 6.07) is 11.1. The first-order valence-corrected chi connectivity index (χ1v) is 21.1. The van der Waals surface area contributed by atoms with Gasteiger partial charge in [-0.05, 0) is 57.2 Å². The van der Waals surface area contributed by atoms with Gasteiger partial charge >= 0.3 is 5.97 Å². The Morgan fingerprint density at radius 2 is 1.22 bits per heavy atom. The van der Waals surface area contributed by atoms with Crippen molar-refractivity contribution in [1.82, 2.24) is 0 Å². The highest BCUT2D eigenvalue weighted by molar-refractivity contribution is 5.71. The molecule has 0 bridgehead atoms. The fourth-order valence-electron chi connectivity index (χ4n) is 7.72. The number of nitrogens with zero attached hydrogens (tertiary/aromatic N) is 1. The fraction of sp³-hybridized carbons (Fsp3) is 0.711. The summed E-state index contributed by atoms with van der Waals surface area (Å²) in [5, 5.41) is 13.9. The van der Waals surface area contributed by atoms with E-state index in [1.165, 1.54) is 114 Å². The van der Waals surface area contributed by atoms with Gasteiger partial charge in [-0.2, -0.15) is 0 Å². The third-order valence-electron chi connectivity index (χ3n) is 10.9. The number of aliphatic carboxylic acids is 1. The van der Waals surface area contributed by atoms with Crippen LogP contribution in [0.25, 0.3) is 0 Å². The van der Waals surface area contributed by atoms with Crippen LogP contribution in [0.4, 0.5) is 11.4 Å². The van der Waals surface area contributed by atoms with E-state index in [1.54, 1.807) is 0 Å². The maximum Gasteiger partial charge on any atom is 0.306 e. The normalized spacial score (nSPS) is 14.1. The number of carbonyl (C=O) groups is 1. The monoisotopic (exact) mass is 691 g/mol. The van der Waals surface area contributed by atoms with Crippen LogP contribution in [0.2, 0.25) is 0 Å². The van der Waals surface area contributed by atoms with E-state index in [4.69, 9.17) is 4.74 Å². The number of rotatable bonds is 29. The van der Waals surface area contributed by atoms with E-state index in [0.29, 0.717) is 6.42 Å². The molecule has 1 aliphatic heterocycles. The number of carboxylic acid groups (broad SMARTS) is 1. The Bertz CT molecular complexity index is 1220. The smallest absolute Gasteiger partial charge is 0.306 e. The Hall–Kier alpha value is -2.69. The Labute approximate surface area is 307 Å². The molecule has 0 aromatic heterocycles. The van der Waals surface area contributed by atoms with Gasteiger partial charge in [0.05, 0.1) is 5.92 Å². The van der Waals surface area contributed by atoms with Crippen LogP contribution in [0.1, 0.15) is 192 Å². The van der Waals surface area contributed by atoms with Gasteiger partial charge in [-0.15, -0.1) is 0 Å². The number of aryl methyl sites for hydroxylation is 1. The lowest BCUT2D eigenvalue weighted by Gasteiger charge is -2.33. The molecule has 1 aliphatic rings. The van der Waals surface area contributed by atoms with Crippen molar-refractivity contribution in [2.24, 2.45) is 5.92 Å². The fourth-order valence-corrected chi connectivity index (χ4v) is 7.72. The molecule has 2 aromatic rings. The van der Waals surface area contributed by atoms with Crippen molar-refractivity contribution in [2.45, 2.75) is 182 Å². The summed E-state index contributed by atoms with van der Waals surface area (Å²) in [4.78, 5) is 15.2. The van der Waals surface area contributed by atoms with Crippen LogP contribution in [0.5, 0.6) is 11.5 Å². The van der Waals surface area contributed by atoms with E-state index in [1.807, 2.05) is 0 Å². The minimum Gasteiger partial charge on any atom is -0.481 e. The summed E-state index contributed by atoms with van der Waals surface area (Å²) in [5.41, 5.74) is 5.71. The van der Waals surface area contributed by atoms with Crippen LogP contribution in [0, 0.1) is 12.8 Å². The van der Waals surface area contributed by atoms with Gasteiger partial charge in [-0.25, -0.2) is 0 Å². The molecule has 0 saturated carbocycles. The number of benzene rings is 2. The standard InChI is InChI=1S/C45H74N2O3/c1-6-10-13-14-15-16-17-18-19-20-21-22-23-24-25-26-27-37(45(48)49)33-40-39-29-28-38(47(30-11-7-2)31-12-8-3)34-43(39)50-44-35-42(46-9-4)36(5)32-41(40)44/h28-29,32,34-35,37,40,46H,6-27,30-31,33H2,1-5H3,(H,48,49). The average Bonchev–Trinajstić information content (AvgIpc) is 3.11. The number of nitrogens with one attached hydrogen (secondary N) is 1. The minimum absolute atomic E-state index is 0.000863. The Morgan fingerprint density at radius 3 is 1.74 bits per heavy atom. The Kier molecular flexibility index (Phi) is 20.4. The van der Waals surface area contributed by atoms with Crippen molar-refractivity contribution in [1.29, 1.82) is 0 Å². The molecule has 0 aliphatic carbocycles. The quantitative estimate of drug-likeness (QED) is 0.0832. The molecule has 2 atom stereocenters. The molecule has 5 heteroatoms. The summed E-state index contributed by atoms with van der Waals surface area (Å²) < 4.78 is 6.67. The number of unbranched alkanes of at least 4 members (excludes halogenated alkanes) is 17. The van der Waals surface area contributed by atoms with Crippen molar-refractivity contribution >= 4 is 17.3 Å². The first-order chi connectivity index (χ1) is 24.4. The van der Waals surface area contributed by atoms with Crippen molar-refractivity contribution in [3.63, 3.8) is 0 Å². The number of carboxylic acids is 1. The molecular formula is C45H74N2O3. The lowest BCUT2D eigenvalue weighted by Crippen LogP contribution is -2.26. The second-order valence-electron chi connectivity index (χ2n) is 15.2. The largest absolute Gasteiger partial charge is 0.481 e. The van der Waals surface area contributed by atoms with Gasteiger partial charge in [0.1, 0.15) is 11.5 Å². The van der Waals surface area contributed by atoms with Crippen molar-refractivity contribution < 1.29 is 14.6 Å². The van der Waals surface area contributed by atoms with E-state index >= 15 is 0 Å². The highest BCUT2D eigenvalue weighted by atomic mass is 16.5. The topological polar surface area (TPSA) is 61.8 Å². The predicted molar refractivity (Wildman–Crippen MR) is 216 cm³/mol. The summed E-state index contributed by atoms with van der Waals surface area (Å²) in [7, 11) is 0. The molecule has 0 spiro atoms. The Morgan fingerprint density at radius 1 is 0.700 bits per heavy atom. The maximum absolute atomic E-state index is 12.7. The third-order valence-corrected chi connectivity index (χ3v) is 10.9. The van der Waals surface area contributed by atoms with E-state index < -0.39 is 5.97 Å². The van der Waals surface area contributed by atoms with Crippen LogP contribution in [-0.2, 0) is 4.79 Å². The zero-order valence-electron chi connectivity index (χ0n) is 32.9. The van der Waals surface area contributed by atoms with E-state index in [0.717, 1.165) is 80.1 Å². The highest BCUT2D eigenvalue weighted by Crippen LogP contribution is 2.49. The molecule has 2 aromatic carbocycles. The molecule has 0 radical (unpaired) electrons. The molecule has 2 N–H and O–H groups in total. The van der Waals surface area contributed by atoms with Gasteiger partial charge in [0.25, 0.3) is 0 Å². The molecular weight excluding hydrogens is 617 g/mol. The number of hydrogen-bond donors (Lipinski definition) is 2. The second kappa shape index (κ2) is 24.5. The van der Waals surface area contributed by atoms with Gasteiger partial charge in [-0.3, -0.25) is 4.79 Å². The molecule has 50 heavy (non-hydrogen) atoms. The van der Waals surface area contributed by atoms with Crippen molar-refractivity contribution in [3.05, 3.63) is 47.0 Å². The lowest BCUT2D eigenvalue weighted by molar-refractivity contribution is -0.142. The molecule has 0 fully saturated rings. The van der Waals surface area contributed by atoms with Crippen molar-refractivity contribution in [2.75, 3.05) is 29.9 Å². The van der Waals surface area contributed by atoms with Crippen LogP contribution in [0.15, 0.2) is 30.3 Å². The molecule has 0 amide bonds. The van der Waals surface area contributed by atoms with Crippen LogP contribution < -0.4 is 15.0 Å². The van der Waals surface area contributed by atoms with E-state index in [2.05, 4.69) is 75.2 Å². The lowest BCUT2D eigenvalue weighted by atomic mass is 9.79. The first-order valence-electron chi connectivity index (χ1n) is 21.1. The van der Waals surface area contributed by atoms with Crippen LogP contribution in [0.3, 0.4) is 0 Å².